The number of hydrogen-bond donors (Lipinski definition) is 1. The topological polar surface area (TPSA) is 108 Å². The van der Waals surface area contributed by atoms with E-state index >= 15 is 0 Å². The number of rotatable bonds is 64. The summed E-state index contributed by atoms with van der Waals surface area (Å²) in [7, 11) is 5.94. The fraction of sp³-hybridized carbons (Fsp3) is 0.523. The summed E-state index contributed by atoms with van der Waals surface area (Å²) in [6, 6.07) is 0. The molecule has 0 aromatic heterocycles. The number of unbranched alkanes of at least 4 members (excludes halogenated alkanes) is 11. The lowest BCUT2D eigenvalue weighted by molar-refractivity contribution is -0.870. The highest BCUT2D eigenvalue weighted by atomic mass is 16.7. The highest BCUT2D eigenvalue weighted by Gasteiger charge is 2.25. The number of ether oxygens (including phenoxy) is 4. The third-order valence-corrected chi connectivity index (χ3v) is 14.4. The monoisotopic (exact) mass is 1310 g/mol. The number of nitrogens with zero attached hydrogens (tertiary/aromatic N) is 1. The Morgan fingerprint density at radius 2 is 0.568 bits per heavy atom. The van der Waals surface area contributed by atoms with Crippen LogP contribution in [0, 0.1) is 0 Å². The molecule has 0 radical (unpaired) electrons. The molecule has 0 rings (SSSR count). The fourth-order valence-corrected chi connectivity index (χ4v) is 8.91. The van der Waals surface area contributed by atoms with Gasteiger partial charge in [-0.05, 0) is 161 Å². The van der Waals surface area contributed by atoms with Gasteiger partial charge in [0, 0.05) is 12.8 Å². The van der Waals surface area contributed by atoms with Crippen LogP contribution in [0.15, 0.2) is 231 Å². The lowest BCUT2D eigenvalue weighted by Gasteiger charge is -2.25. The summed E-state index contributed by atoms with van der Waals surface area (Å²) in [6.07, 6.45) is 114. The second-order valence-corrected chi connectivity index (χ2v) is 24.4. The molecule has 0 saturated carbocycles. The van der Waals surface area contributed by atoms with Gasteiger partial charge in [0.15, 0.2) is 6.10 Å². The second-order valence-electron chi connectivity index (χ2n) is 24.4. The van der Waals surface area contributed by atoms with Crippen LogP contribution in [0.2, 0.25) is 0 Å². The van der Waals surface area contributed by atoms with E-state index < -0.39 is 24.3 Å². The van der Waals surface area contributed by atoms with Crippen molar-refractivity contribution in [2.75, 3.05) is 47.5 Å². The zero-order valence-electron chi connectivity index (χ0n) is 60.2. The number of allylic oxidation sites excluding steroid dienone is 38. The Balaban J connectivity index is 4.30. The Hall–Kier alpha value is -6.65. The first kappa shape index (κ1) is 88.4. The third-order valence-electron chi connectivity index (χ3n) is 14.4. The van der Waals surface area contributed by atoms with E-state index in [1.165, 1.54) is 25.7 Å². The number of carboxylic acid groups (broad SMARTS) is 1. The molecule has 0 saturated heterocycles. The van der Waals surface area contributed by atoms with Crippen molar-refractivity contribution in [1.82, 2.24) is 0 Å². The van der Waals surface area contributed by atoms with Gasteiger partial charge in [-0.25, -0.2) is 4.79 Å². The van der Waals surface area contributed by atoms with Crippen LogP contribution in [-0.4, -0.2) is 87.4 Å². The van der Waals surface area contributed by atoms with Gasteiger partial charge in [0.2, 0.25) is 0 Å². The van der Waals surface area contributed by atoms with Crippen LogP contribution in [0.25, 0.3) is 0 Å². The van der Waals surface area contributed by atoms with Gasteiger partial charge in [-0.2, -0.15) is 0 Å². The zero-order chi connectivity index (χ0) is 69.0. The molecule has 0 aliphatic carbocycles. The van der Waals surface area contributed by atoms with Crippen LogP contribution < -0.4 is 0 Å². The number of quaternary nitrogens is 1. The van der Waals surface area contributed by atoms with Crippen molar-refractivity contribution in [2.45, 2.75) is 245 Å². The Labute approximate surface area is 580 Å². The molecule has 0 aromatic carbocycles. The van der Waals surface area contributed by atoms with Crippen LogP contribution in [0.4, 0.5) is 0 Å². The summed E-state index contributed by atoms with van der Waals surface area (Å²) < 4.78 is 22.9. The SMILES string of the molecule is CC/C=C\C/C=C\C/C=C\C/C=C\C/C=C\C/C=C\C/C=C\C/C=C\C/C=C\C/C=C\C/C=C\CCCCCC(=O)OC(COC(=O)CCCCCCCCCC/C=C\C/C=C\C/C=C\C/C=C\C/C=C\C/C=C\C/C=C\C/C=C\CC)COC(OCC[N+](C)(C)C)C(=O)O. The number of carbonyl (C=O) groups excluding carboxylic acids is 2. The lowest BCUT2D eigenvalue weighted by Crippen LogP contribution is -2.40. The molecule has 9 heteroatoms. The van der Waals surface area contributed by atoms with Crippen LogP contribution in [0.5, 0.6) is 0 Å². The molecule has 1 N–H and O–H groups in total. The molecule has 528 valence electrons. The maximum atomic E-state index is 12.9. The highest BCUT2D eigenvalue weighted by Crippen LogP contribution is 2.14. The molecule has 0 fully saturated rings. The molecule has 2 unspecified atom stereocenters. The van der Waals surface area contributed by atoms with E-state index in [0.717, 1.165) is 173 Å². The molecular formula is C86H132NO8+. The zero-order valence-corrected chi connectivity index (χ0v) is 60.2. The van der Waals surface area contributed by atoms with E-state index in [1.54, 1.807) is 0 Å². The molecule has 0 amide bonds. The van der Waals surface area contributed by atoms with Crippen molar-refractivity contribution in [3.05, 3.63) is 231 Å². The molecule has 0 aliphatic heterocycles. The molecule has 0 heterocycles. The minimum absolute atomic E-state index is 0.166. The summed E-state index contributed by atoms with van der Waals surface area (Å²) >= 11 is 0. The van der Waals surface area contributed by atoms with Crippen LogP contribution in [0.1, 0.15) is 232 Å². The van der Waals surface area contributed by atoms with E-state index in [9.17, 15) is 19.5 Å². The van der Waals surface area contributed by atoms with Gasteiger partial charge < -0.3 is 28.5 Å². The normalized spacial score (nSPS) is 14.1. The van der Waals surface area contributed by atoms with Gasteiger partial charge in [0.25, 0.3) is 6.29 Å². The maximum Gasteiger partial charge on any atom is 0.361 e. The molecule has 0 aliphatic rings. The van der Waals surface area contributed by atoms with Gasteiger partial charge in [-0.15, -0.1) is 0 Å². The van der Waals surface area contributed by atoms with Gasteiger partial charge in [-0.3, -0.25) is 9.59 Å². The summed E-state index contributed by atoms with van der Waals surface area (Å²) in [5.41, 5.74) is 0. The van der Waals surface area contributed by atoms with E-state index in [1.807, 2.05) is 21.1 Å². The average molecular weight is 1310 g/mol. The smallest absolute Gasteiger partial charge is 0.361 e. The maximum absolute atomic E-state index is 12.9. The molecule has 0 spiro atoms. The van der Waals surface area contributed by atoms with Gasteiger partial charge in [0.1, 0.15) is 13.2 Å². The Morgan fingerprint density at radius 3 is 0.853 bits per heavy atom. The average Bonchev–Trinajstić information content (AvgIpc) is 3.75. The first-order valence-corrected chi connectivity index (χ1v) is 36.5. The Morgan fingerprint density at radius 1 is 0.316 bits per heavy atom. The van der Waals surface area contributed by atoms with Crippen LogP contribution in [0.3, 0.4) is 0 Å². The van der Waals surface area contributed by atoms with Crippen molar-refractivity contribution >= 4 is 17.9 Å². The van der Waals surface area contributed by atoms with Gasteiger partial charge in [-0.1, -0.05) is 290 Å². The number of carboxylic acids is 1. The first-order chi connectivity index (χ1) is 46.6. The molecular weight excluding hydrogens is 1170 g/mol. The van der Waals surface area contributed by atoms with Crippen molar-refractivity contribution in [2.24, 2.45) is 0 Å². The molecule has 0 bridgehead atoms. The summed E-state index contributed by atoms with van der Waals surface area (Å²) in [5, 5.41) is 9.76. The van der Waals surface area contributed by atoms with E-state index in [0.29, 0.717) is 17.4 Å². The largest absolute Gasteiger partial charge is 0.477 e. The summed E-state index contributed by atoms with van der Waals surface area (Å²) in [4.78, 5) is 37.7. The number of likely N-dealkylation sites (N-methyl/N-ethyl adjacent to an activating group) is 1. The molecule has 95 heavy (non-hydrogen) atoms. The van der Waals surface area contributed by atoms with Crippen LogP contribution >= 0.6 is 0 Å². The summed E-state index contributed by atoms with van der Waals surface area (Å²) in [5.74, 6) is -2.09. The number of aliphatic carboxylic acids is 1. The van der Waals surface area contributed by atoms with Crippen molar-refractivity contribution in [3.63, 3.8) is 0 Å². The lowest BCUT2D eigenvalue weighted by atomic mass is 10.1. The number of esters is 2. The van der Waals surface area contributed by atoms with Crippen molar-refractivity contribution in [1.29, 1.82) is 0 Å². The Bertz CT molecular complexity index is 2420. The fourth-order valence-electron chi connectivity index (χ4n) is 8.91. The number of hydrogen-bond acceptors (Lipinski definition) is 7. The minimum Gasteiger partial charge on any atom is -0.477 e. The van der Waals surface area contributed by atoms with E-state index in [2.05, 4.69) is 245 Å². The number of carbonyl (C=O) groups is 3. The molecule has 9 nitrogen and oxygen atoms in total. The molecule has 2 atom stereocenters. The molecule has 0 aromatic rings. The van der Waals surface area contributed by atoms with Crippen LogP contribution in [-0.2, 0) is 33.3 Å². The van der Waals surface area contributed by atoms with E-state index in [4.69, 9.17) is 18.9 Å². The van der Waals surface area contributed by atoms with Gasteiger partial charge >= 0.3 is 17.9 Å². The predicted molar refractivity (Wildman–Crippen MR) is 409 cm³/mol. The Kier molecular flexibility index (Phi) is 68.0. The predicted octanol–water partition coefficient (Wildman–Crippen LogP) is 23.5. The first-order valence-electron chi connectivity index (χ1n) is 36.5. The van der Waals surface area contributed by atoms with Crippen molar-refractivity contribution in [3.8, 4) is 0 Å². The van der Waals surface area contributed by atoms with Crippen molar-refractivity contribution < 1.29 is 42.9 Å². The van der Waals surface area contributed by atoms with Gasteiger partial charge in [0.05, 0.1) is 34.4 Å². The second kappa shape index (κ2) is 73.2. The standard InChI is InChI=1S/C86H131NO8/c1-6-8-10-12-14-16-18-20-22-24-26-28-30-32-34-36-38-40-41-42-43-45-47-49-51-53-55-57-59-61-63-65-67-69-71-73-75-77-84(89)95-82(81-94-86(85(90)91)92-79-78-87(3,4)5)80-93-83(88)76-74-72-70-68-66-64-62-60-58-56-54-52-50-48-46-44-39-37-35-33-31-29-27-25-23-21-19-17-15-13-11-9-7-2/h8-11,14-17,20-23,26-29,32-35,38-40,42-44,47-50,53-56,59,61,65,67,82,86H,6-7,12-13,18-19,24-25,30-31,36-37,41,45-46,51-52,57-58,60,62-64,66,68-81H2,1-5H3/p+1/b10-8-,11-9-,16-14-,17-15-,22-20-,23-21-,28-26-,29-27-,34-32-,35-33-,40-38-,43-42-,44-39-,49-47-,50-48-,55-53-,56-54-,61-59-,67-65-. The summed E-state index contributed by atoms with van der Waals surface area (Å²) in [6.45, 7) is 4.56. The minimum atomic E-state index is -1.54. The third kappa shape index (κ3) is 74.6. The highest BCUT2D eigenvalue weighted by molar-refractivity contribution is 5.71. The quantitative estimate of drug-likeness (QED) is 0.0211. The van der Waals surface area contributed by atoms with E-state index in [-0.39, 0.29) is 38.6 Å².